The van der Waals surface area contributed by atoms with Crippen LogP contribution in [0.4, 0.5) is 0 Å². The number of rotatable bonds is 3. The molecule has 0 fully saturated rings. The highest BCUT2D eigenvalue weighted by Gasteiger charge is 2.14. The minimum absolute atomic E-state index is 0.352. The summed E-state index contributed by atoms with van der Waals surface area (Å²) in [4.78, 5) is 16.7. The predicted molar refractivity (Wildman–Crippen MR) is 85.4 cm³/mol. The van der Waals surface area contributed by atoms with Gasteiger partial charge in [-0.25, -0.2) is 10.8 Å². The molecule has 1 amide bonds. The van der Waals surface area contributed by atoms with E-state index in [1.165, 1.54) is 0 Å². The van der Waals surface area contributed by atoms with Crippen LogP contribution in [0, 0.1) is 0 Å². The molecule has 0 unspecified atom stereocenters. The number of benzene rings is 2. The second-order valence-corrected chi connectivity index (χ2v) is 4.75. The van der Waals surface area contributed by atoms with Gasteiger partial charge in [0.25, 0.3) is 5.91 Å². The van der Waals surface area contributed by atoms with Gasteiger partial charge in [-0.1, -0.05) is 30.3 Å². The number of fused-ring (bicyclic) bond motifs is 1. The molecule has 0 aliphatic rings. The Morgan fingerprint density at radius 3 is 2.64 bits per heavy atom. The molecule has 3 aromatic rings. The molecule has 1 heterocycles. The van der Waals surface area contributed by atoms with E-state index < -0.39 is 0 Å². The molecule has 0 spiro atoms. The minimum Gasteiger partial charge on any atom is -0.496 e. The third-order valence-electron chi connectivity index (χ3n) is 3.47. The van der Waals surface area contributed by atoms with Crippen LogP contribution in [0.5, 0.6) is 5.75 Å². The molecule has 0 saturated carbocycles. The summed E-state index contributed by atoms with van der Waals surface area (Å²) < 4.78 is 5.37. The topological polar surface area (TPSA) is 77.2 Å². The Morgan fingerprint density at radius 2 is 1.86 bits per heavy atom. The molecule has 1 aromatic heterocycles. The Morgan fingerprint density at radius 1 is 1.14 bits per heavy atom. The molecule has 0 atom stereocenters. The number of nitrogens with zero attached hydrogens (tertiary/aromatic N) is 1. The number of ether oxygens (including phenoxy) is 1. The van der Waals surface area contributed by atoms with Crippen LogP contribution in [-0.4, -0.2) is 18.0 Å². The summed E-state index contributed by atoms with van der Waals surface area (Å²) in [6.07, 6.45) is 0. The second-order valence-electron chi connectivity index (χ2n) is 4.75. The number of amides is 1. The van der Waals surface area contributed by atoms with E-state index in [1.807, 2.05) is 48.5 Å². The first-order valence-corrected chi connectivity index (χ1v) is 6.78. The summed E-state index contributed by atoms with van der Waals surface area (Å²) in [7, 11) is 1.60. The smallest absolute Gasteiger partial charge is 0.265 e. The Labute approximate surface area is 127 Å². The summed E-state index contributed by atoms with van der Waals surface area (Å²) in [5.74, 6) is 5.64. The quantitative estimate of drug-likeness (QED) is 0.442. The first-order chi connectivity index (χ1) is 10.7. The van der Waals surface area contributed by atoms with Crippen molar-refractivity contribution in [3.63, 3.8) is 0 Å². The molecular weight excluding hydrogens is 278 g/mol. The zero-order valence-corrected chi connectivity index (χ0v) is 12.0. The van der Waals surface area contributed by atoms with Crippen molar-refractivity contribution < 1.29 is 9.53 Å². The first-order valence-electron chi connectivity index (χ1n) is 6.78. The number of para-hydroxylation sites is 2. The zero-order valence-electron chi connectivity index (χ0n) is 12.0. The van der Waals surface area contributed by atoms with E-state index >= 15 is 0 Å². The summed E-state index contributed by atoms with van der Waals surface area (Å²) in [5.41, 5.74) is 4.87. The highest BCUT2D eigenvalue weighted by atomic mass is 16.5. The zero-order chi connectivity index (χ0) is 15.5. The molecule has 0 aliphatic carbocycles. The number of carbonyl (C=O) groups excluding carboxylic acids is 1. The molecule has 5 nitrogen and oxygen atoms in total. The maximum atomic E-state index is 12.1. The van der Waals surface area contributed by atoms with Crippen molar-refractivity contribution in [1.29, 1.82) is 0 Å². The molecule has 0 bridgehead atoms. The Bertz CT molecular complexity index is 846. The molecule has 22 heavy (non-hydrogen) atoms. The number of pyridine rings is 1. The highest BCUT2D eigenvalue weighted by Crippen LogP contribution is 2.31. The molecule has 0 saturated heterocycles. The number of methoxy groups -OCH3 is 1. The second kappa shape index (κ2) is 5.83. The fourth-order valence-electron chi connectivity index (χ4n) is 2.44. The number of hydrogen-bond donors (Lipinski definition) is 2. The van der Waals surface area contributed by atoms with Crippen LogP contribution in [0.15, 0.2) is 54.6 Å². The average Bonchev–Trinajstić information content (AvgIpc) is 2.60. The maximum Gasteiger partial charge on any atom is 0.265 e. The Kier molecular flexibility index (Phi) is 3.72. The molecule has 0 aliphatic heterocycles. The third-order valence-corrected chi connectivity index (χ3v) is 3.47. The van der Waals surface area contributed by atoms with Crippen LogP contribution in [0.1, 0.15) is 10.4 Å². The van der Waals surface area contributed by atoms with E-state index in [4.69, 9.17) is 10.6 Å². The van der Waals surface area contributed by atoms with Gasteiger partial charge in [0, 0.05) is 10.9 Å². The van der Waals surface area contributed by atoms with Crippen LogP contribution in [-0.2, 0) is 0 Å². The summed E-state index contributed by atoms with van der Waals surface area (Å²) in [5, 5.41) is 0.754. The van der Waals surface area contributed by atoms with Gasteiger partial charge in [0.1, 0.15) is 5.75 Å². The molecule has 2 aromatic carbocycles. The number of nitrogen functional groups attached to an aromatic ring is 1. The summed E-state index contributed by atoms with van der Waals surface area (Å²) in [6.45, 7) is 0. The third kappa shape index (κ3) is 2.38. The van der Waals surface area contributed by atoms with Crippen molar-refractivity contribution in [3.8, 4) is 17.0 Å². The van der Waals surface area contributed by atoms with E-state index in [0.29, 0.717) is 17.0 Å². The highest BCUT2D eigenvalue weighted by molar-refractivity contribution is 6.07. The van der Waals surface area contributed by atoms with E-state index in [2.05, 4.69) is 10.4 Å². The number of hydrazine groups is 1. The number of aromatic nitrogens is 1. The molecule has 0 radical (unpaired) electrons. The average molecular weight is 293 g/mol. The first kappa shape index (κ1) is 14.0. The summed E-state index contributed by atoms with van der Waals surface area (Å²) >= 11 is 0. The van der Waals surface area contributed by atoms with Crippen molar-refractivity contribution in [3.05, 3.63) is 60.2 Å². The lowest BCUT2D eigenvalue weighted by molar-refractivity contribution is 0.0955. The minimum atomic E-state index is -0.352. The lowest BCUT2D eigenvalue weighted by Gasteiger charge is -2.11. The van der Waals surface area contributed by atoms with Gasteiger partial charge >= 0.3 is 0 Å². The van der Waals surface area contributed by atoms with Crippen molar-refractivity contribution in [2.24, 2.45) is 5.84 Å². The van der Waals surface area contributed by atoms with Gasteiger partial charge in [-0.3, -0.25) is 10.2 Å². The standard InChI is InChI=1S/C17H15N3O2/c1-22-16-9-5-3-7-12(16)15-10-13(17(21)20-18)11-6-2-4-8-14(11)19-15/h2-10H,18H2,1H3,(H,20,21). The monoisotopic (exact) mass is 293 g/mol. The Hall–Kier alpha value is -2.92. The van der Waals surface area contributed by atoms with E-state index in [-0.39, 0.29) is 5.91 Å². The lowest BCUT2D eigenvalue weighted by Crippen LogP contribution is -2.30. The van der Waals surface area contributed by atoms with Gasteiger partial charge < -0.3 is 4.74 Å². The van der Waals surface area contributed by atoms with Gasteiger partial charge in [-0.15, -0.1) is 0 Å². The largest absolute Gasteiger partial charge is 0.496 e. The number of nitrogens with one attached hydrogen (secondary N) is 1. The van der Waals surface area contributed by atoms with Crippen molar-refractivity contribution in [2.75, 3.05) is 7.11 Å². The van der Waals surface area contributed by atoms with E-state index in [9.17, 15) is 4.79 Å². The fraction of sp³-hybridized carbons (Fsp3) is 0.0588. The van der Waals surface area contributed by atoms with Gasteiger partial charge in [0.05, 0.1) is 23.9 Å². The lowest BCUT2D eigenvalue weighted by atomic mass is 10.0. The maximum absolute atomic E-state index is 12.1. The van der Waals surface area contributed by atoms with Crippen molar-refractivity contribution in [2.45, 2.75) is 0 Å². The summed E-state index contributed by atoms with van der Waals surface area (Å²) in [6, 6.07) is 16.7. The number of carbonyl (C=O) groups is 1. The van der Waals surface area contributed by atoms with Crippen LogP contribution in [0.3, 0.4) is 0 Å². The number of hydrogen-bond acceptors (Lipinski definition) is 4. The van der Waals surface area contributed by atoms with Crippen molar-refractivity contribution in [1.82, 2.24) is 10.4 Å². The van der Waals surface area contributed by atoms with Gasteiger partial charge in [-0.05, 0) is 24.3 Å². The van der Waals surface area contributed by atoms with Gasteiger partial charge in [-0.2, -0.15) is 0 Å². The normalized spacial score (nSPS) is 10.5. The van der Waals surface area contributed by atoms with Gasteiger partial charge in [0.2, 0.25) is 0 Å². The fourth-order valence-corrected chi connectivity index (χ4v) is 2.44. The molecule has 3 N–H and O–H groups in total. The number of nitrogens with two attached hydrogens (primary N) is 1. The SMILES string of the molecule is COc1ccccc1-c1cc(C(=O)NN)c2ccccc2n1. The Balaban J connectivity index is 2.29. The van der Waals surface area contributed by atoms with Crippen LogP contribution >= 0.6 is 0 Å². The molecular formula is C17H15N3O2. The van der Waals surface area contributed by atoms with E-state index in [0.717, 1.165) is 16.5 Å². The van der Waals surface area contributed by atoms with E-state index in [1.54, 1.807) is 13.2 Å². The predicted octanol–water partition coefficient (Wildman–Crippen LogP) is 2.51. The van der Waals surface area contributed by atoms with Crippen molar-refractivity contribution >= 4 is 16.8 Å². The molecule has 3 rings (SSSR count). The van der Waals surface area contributed by atoms with Crippen LogP contribution < -0.4 is 16.0 Å². The molecule has 110 valence electrons. The van der Waals surface area contributed by atoms with Crippen LogP contribution in [0.2, 0.25) is 0 Å². The van der Waals surface area contributed by atoms with Gasteiger partial charge in [0.15, 0.2) is 0 Å². The van der Waals surface area contributed by atoms with Crippen LogP contribution in [0.25, 0.3) is 22.2 Å². The molecule has 5 heteroatoms.